The van der Waals surface area contributed by atoms with E-state index in [4.69, 9.17) is 9.25 Å². The molecule has 126 valence electrons. The zero-order chi connectivity index (χ0) is 17.1. The lowest BCUT2D eigenvalue weighted by atomic mass is 10.0. The molecule has 0 atom stereocenters. The Bertz CT molecular complexity index is 914. The van der Waals surface area contributed by atoms with Crippen molar-refractivity contribution in [2.45, 2.75) is 19.3 Å². The maximum absolute atomic E-state index is 5.97. The van der Waals surface area contributed by atoms with Crippen LogP contribution in [-0.4, -0.2) is 27.3 Å². The Morgan fingerprint density at radius 2 is 2.32 bits per heavy atom. The molecule has 3 aromatic rings. The fourth-order valence-electron chi connectivity index (χ4n) is 2.64. The van der Waals surface area contributed by atoms with E-state index >= 15 is 0 Å². The van der Waals surface area contributed by atoms with Crippen LogP contribution in [0.2, 0.25) is 0 Å². The number of aryl methyl sites for hydroxylation is 1. The Morgan fingerprint density at radius 3 is 3.16 bits per heavy atom. The van der Waals surface area contributed by atoms with Crippen molar-refractivity contribution in [2.24, 2.45) is 5.16 Å². The summed E-state index contributed by atoms with van der Waals surface area (Å²) >= 11 is 1.53. The van der Waals surface area contributed by atoms with Gasteiger partial charge >= 0.3 is 0 Å². The van der Waals surface area contributed by atoms with Crippen LogP contribution in [0.3, 0.4) is 0 Å². The van der Waals surface area contributed by atoms with Gasteiger partial charge in [0.15, 0.2) is 0 Å². The first kappa shape index (κ1) is 15.7. The minimum absolute atomic E-state index is 0.382. The van der Waals surface area contributed by atoms with Crippen LogP contribution in [0.4, 0.5) is 0 Å². The van der Waals surface area contributed by atoms with Crippen LogP contribution in [0.25, 0.3) is 21.3 Å². The topological polar surface area (TPSA) is 73.4 Å². The number of thiazole rings is 1. The molecule has 1 aliphatic carbocycles. The zero-order valence-corrected chi connectivity index (χ0v) is 14.3. The van der Waals surface area contributed by atoms with E-state index in [-0.39, 0.29) is 0 Å². The minimum Gasteiger partial charge on any atom is -0.440 e. The van der Waals surface area contributed by atoms with Gasteiger partial charge in [0.25, 0.3) is 0 Å². The number of pyridine rings is 1. The summed E-state index contributed by atoms with van der Waals surface area (Å²) in [4.78, 5) is 19.3. The predicted molar refractivity (Wildman–Crippen MR) is 96.5 cm³/mol. The van der Waals surface area contributed by atoms with Crippen molar-refractivity contribution >= 4 is 17.0 Å². The van der Waals surface area contributed by atoms with Gasteiger partial charge in [0.05, 0.1) is 6.20 Å². The van der Waals surface area contributed by atoms with Crippen LogP contribution >= 0.6 is 11.3 Å². The van der Waals surface area contributed by atoms with Gasteiger partial charge in [-0.3, -0.25) is 4.98 Å². The lowest BCUT2D eigenvalue weighted by Gasteiger charge is -2.09. The van der Waals surface area contributed by atoms with Gasteiger partial charge in [-0.25, -0.2) is 9.97 Å². The monoisotopic (exact) mass is 352 g/mol. The number of nitrogens with zero attached hydrogens (tertiary/aromatic N) is 4. The second-order valence-electron chi connectivity index (χ2n) is 5.54. The SMILES string of the molecule is C=CCON=C1CCCc2oc(-c3cnc(-c4cccnc4)s3)nc21. The molecule has 4 rings (SSSR count). The third-order valence-electron chi connectivity index (χ3n) is 3.78. The highest BCUT2D eigenvalue weighted by Crippen LogP contribution is 2.34. The van der Waals surface area contributed by atoms with E-state index in [0.29, 0.717) is 12.5 Å². The summed E-state index contributed by atoms with van der Waals surface area (Å²) in [6, 6.07) is 3.88. The molecule has 0 saturated heterocycles. The van der Waals surface area contributed by atoms with E-state index in [1.165, 1.54) is 11.3 Å². The zero-order valence-electron chi connectivity index (χ0n) is 13.5. The first-order chi connectivity index (χ1) is 12.3. The molecule has 0 saturated carbocycles. The molecule has 6 nitrogen and oxygen atoms in total. The van der Waals surface area contributed by atoms with E-state index in [1.807, 2.05) is 12.1 Å². The Balaban J connectivity index is 1.64. The summed E-state index contributed by atoms with van der Waals surface area (Å²) in [5.41, 5.74) is 2.60. The molecule has 1 aliphatic rings. The van der Waals surface area contributed by atoms with Crippen LogP contribution < -0.4 is 0 Å². The molecule has 0 unspecified atom stereocenters. The van der Waals surface area contributed by atoms with Gasteiger partial charge in [0.1, 0.15) is 33.7 Å². The van der Waals surface area contributed by atoms with Crippen molar-refractivity contribution in [3.8, 4) is 21.3 Å². The largest absolute Gasteiger partial charge is 0.440 e. The summed E-state index contributed by atoms with van der Waals surface area (Å²) in [5.74, 6) is 1.44. The molecule has 3 aromatic heterocycles. The Hall–Kier alpha value is -2.80. The molecular formula is C18H16N4O2S. The van der Waals surface area contributed by atoms with E-state index in [0.717, 1.165) is 51.9 Å². The highest BCUT2D eigenvalue weighted by atomic mass is 32.1. The van der Waals surface area contributed by atoms with E-state index < -0.39 is 0 Å². The second kappa shape index (κ2) is 6.98. The predicted octanol–water partition coefficient (Wildman–Crippen LogP) is 4.10. The molecule has 0 radical (unpaired) electrons. The first-order valence-electron chi connectivity index (χ1n) is 8.01. The fourth-order valence-corrected chi connectivity index (χ4v) is 3.47. The third kappa shape index (κ3) is 3.23. The van der Waals surface area contributed by atoms with Crippen LogP contribution in [0.15, 0.2) is 53.0 Å². The maximum Gasteiger partial charge on any atom is 0.238 e. The van der Waals surface area contributed by atoms with Gasteiger partial charge in [-0.1, -0.05) is 17.8 Å². The van der Waals surface area contributed by atoms with Gasteiger partial charge in [0.2, 0.25) is 5.89 Å². The molecule has 0 bridgehead atoms. The van der Waals surface area contributed by atoms with E-state index in [2.05, 4.69) is 26.7 Å². The van der Waals surface area contributed by atoms with Crippen molar-refractivity contribution in [3.05, 3.63) is 54.8 Å². The molecule has 3 heterocycles. The van der Waals surface area contributed by atoms with Gasteiger partial charge in [-0.15, -0.1) is 11.3 Å². The molecule has 7 heteroatoms. The highest BCUT2D eigenvalue weighted by molar-refractivity contribution is 7.18. The quantitative estimate of drug-likeness (QED) is 0.393. The normalized spacial score (nSPS) is 15.1. The number of oxazole rings is 1. The number of hydrogen-bond acceptors (Lipinski definition) is 7. The summed E-state index contributed by atoms with van der Waals surface area (Å²) in [6.07, 6.45) is 9.66. The van der Waals surface area contributed by atoms with Crippen molar-refractivity contribution in [2.75, 3.05) is 6.61 Å². The van der Waals surface area contributed by atoms with Crippen LogP contribution in [-0.2, 0) is 11.3 Å². The van der Waals surface area contributed by atoms with Gasteiger partial charge in [-0.2, -0.15) is 0 Å². The Morgan fingerprint density at radius 1 is 1.36 bits per heavy atom. The standard InChI is InChI=1S/C18H16N4O2S/c1-2-9-23-22-13-6-3-7-14-16(13)21-17(24-14)15-11-20-18(25-15)12-5-4-8-19-10-12/h2,4-5,8,10-11H,1,3,6-7,9H2. The Labute approximate surface area is 148 Å². The van der Waals surface area contributed by atoms with Crippen LogP contribution in [0, 0.1) is 0 Å². The summed E-state index contributed by atoms with van der Waals surface area (Å²) < 4.78 is 5.97. The minimum atomic E-state index is 0.382. The molecule has 0 fully saturated rings. The van der Waals surface area contributed by atoms with E-state index in [1.54, 1.807) is 24.7 Å². The number of fused-ring (bicyclic) bond motifs is 1. The smallest absolute Gasteiger partial charge is 0.238 e. The molecule has 0 aromatic carbocycles. The van der Waals surface area contributed by atoms with Crippen molar-refractivity contribution in [1.82, 2.24) is 15.0 Å². The fraction of sp³-hybridized carbons (Fsp3) is 0.222. The van der Waals surface area contributed by atoms with E-state index in [9.17, 15) is 0 Å². The maximum atomic E-state index is 5.97. The van der Waals surface area contributed by atoms with Crippen LogP contribution in [0.1, 0.15) is 24.3 Å². The average Bonchev–Trinajstić information content (AvgIpc) is 3.30. The van der Waals surface area contributed by atoms with Crippen molar-refractivity contribution in [1.29, 1.82) is 0 Å². The van der Waals surface area contributed by atoms with Crippen molar-refractivity contribution < 1.29 is 9.25 Å². The second-order valence-corrected chi connectivity index (χ2v) is 6.57. The van der Waals surface area contributed by atoms with Crippen LogP contribution in [0.5, 0.6) is 0 Å². The number of rotatable bonds is 5. The number of oxime groups is 1. The van der Waals surface area contributed by atoms with Gasteiger partial charge < -0.3 is 9.25 Å². The lowest BCUT2D eigenvalue weighted by Crippen LogP contribution is -2.11. The average molecular weight is 352 g/mol. The molecular weight excluding hydrogens is 336 g/mol. The van der Waals surface area contributed by atoms with Gasteiger partial charge in [-0.05, 0) is 25.0 Å². The molecule has 0 amide bonds. The third-order valence-corrected chi connectivity index (χ3v) is 4.81. The van der Waals surface area contributed by atoms with Gasteiger partial charge in [0, 0.05) is 24.4 Å². The molecule has 25 heavy (non-hydrogen) atoms. The van der Waals surface area contributed by atoms with Crippen molar-refractivity contribution in [3.63, 3.8) is 0 Å². The highest BCUT2D eigenvalue weighted by Gasteiger charge is 2.24. The molecule has 0 N–H and O–H groups in total. The molecule has 0 spiro atoms. The Kier molecular flexibility index (Phi) is 4.39. The summed E-state index contributed by atoms with van der Waals surface area (Å²) in [5, 5.41) is 5.07. The summed E-state index contributed by atoms with van der Waals surface area (Å²) in [7, 11) is 0. The number of aromatic nitrogens is 3. The summed E-state index contributed by atoms with van der Waals surface area (Å²) in [6.45, 7) is 4.00. The first-order valence-corrected chi connectivity index (χ1v) is 8.83. The number of hydrogen-bond donors (Lipinski definition) is 0. The molecule has 0 aliphatic heterocycles. The lowest BCUT2D eigenvalue weighted by molar-refractivity contribution is 0.174.